The zero-order valence-corrected chi connectivity index (χ0v) is 20.7. The van der Waals surface area contributed by atoms with E-state index in [9.17, 15) is 9.59 Å². The Bertz CT molecular complexity index is 1380. The molecule has 0 spiro atoms. The maximum absolute atomic E-state index is 12.8. The monoisotopic (exact) mass is 483 g/mol. The highest BCUT2D eigenvalue weighted by Gasteiger charge is 2.15. The Balaban J connectivity index is 1.53. The number of rotatable bonds is 9. The number of allylic oxidation sites excluding steroid dienone is 1. The van der Waals surface area contributed by atoms with Crippen molar-refractivity contribution in [1.82, 2.24) is 0 Å². The van der Waals surface area contributed by atoms with Crippen LogP contribution in [-0.4, -0.2) is 25.6 Å². The van der Waals surface area contributed by atoms with Crippen LogP contribution >= 0.6 is 0 Å². The van der Waals surface area contributed by atoms with Gasteiger partial charge in [0, 0.05) is 34.3 Å². The largest absolute Gasteiger partial charge is 0.496 e. The molecule has 1 N–H and O–H groups in total. The fraction of sp³-hybridized carbons (Fsp3) is 0.200. The Kier molecular flexibility index (Phi) is 7.85. The topological polar surface area (TPSA) is 77.8 Å². The van der Waals surface area contributed by atoms with Gasteiger partial charge in [-0.1, -0.05) is 43.7 Å². The van der Waals surface area contributed by atoms with Gasteiger partial charge < -0.3 is 19.2 Å². The molecule has 0 bridgehead atoms. The van der Waals surface area contributed by atoms with Gasteiger partial charge in [-0.15, -0.1) is 0 Å². The van der Waals surface area contributed by atoms with E-state index in [2.05, 4.69) is 5.32 Å². The normalized spacial score (nSPS) is 11.4. The molecule has 4 aromatic rings. The average Bonchev–Trinajstić information content (AvgIpc) is 3.31. The number of ether oxygens (including phenoxy) is 2. The van der Waals surface area contributed by atoms with E-state index >= 15 is 0 Å². The van der Waals surface area contributed by atoms with Crippen LogP contribution in [0.5, 0.6) is 5.75 Å². The molecule has 1 aromatic heterocycles. The van der Waals surface area contributed by atoms with Crippen LogP contribution < -0.4 is 10.1 Å². The Morgan fingerprint density at radius 1 is 1.03 bits per heavy atom. The van der Waals surface area contributed by atoms with E-state index in [0.717, 1.165) is 40.5 Å². The van der Waals surface area contributed by atoms with Crippen LogP contribution in [-0.2, 0) is 9.53 Å². The van der Waals surface area contributed by atoms with E-state index in [0.29, 0.717) is 29.2 Å². The second-order valence-electron chi connectivity index (χ2n) is 8.45. The molecule has 0 unspecified atom stereocenters. The molecule has 1 amide bonds. The predicted octanol–water partition coefficient (Wildman–Crippen LogP) is 7.11. The number of amides is 1. The van der Waals surface area contributed by atoms with E-state index in [1.54, 1.807) is 37.6 Å². The number of hydrogen-bond donors (Lipinski definition) is 1. The highest BCUT2D eigenvalue weighted by Crippen LogP contribution is 2.37. The van der Waals surface area contributed by atoms with Crippen molar-refractivity contribution in [3.05, 3.63) is 90.2 Å². The highest BCUT2D eigenvalue weighted by atomic mass is 16.5. The summed E-state index contributed by atoms with van der Waals surface area (Å²) >= 11 is 0. The molecule has 0 saturated carbocycles. The quantitative estimate of drug-likeness (QED) is 0.156. The van der Waals surface area contributed by atoms with Gasteiger partial charge in [0.1, 0.15) is 11.3 Å². The molecule has 0 aliphatic rings. The molecule has 1 heterocycles. The van der Waals surface area contributed by atoms with E-state index < -0.39 is 0 Å². The number of anilines is 1. The number of hydrogen-bond acceptors (Lipinski definition) is 5. The van der Waals surface area contributed by atoms with Crippen LogP contribution in [0.25, 0.3) is 27.7 Å². The summed E-state index contributed by atoms with van der Waals surface area (Å²) in [6.07, 6.45) is 5.05. The van der Waals surface area contributed by atoms with Gasteiger partial charge in [0.05, 0.1) is 25.5 Å². The van der Waals surface area contributed by atoms with Crippen molar-refractivity contribution < 1.29 is 23.5 Å². The first-order chi connectivity index (χ1) is 17.5. The first kappa shape index (κ1) is 24.8. The summed E-state index contributed by atoms with van der Waals surface area (Å²) in [7, 11) is 1.59. The van der Waals surface area contributed by atoms with Crippen molar-refractivity contribution in [2.45, 2.75) is 26.7 Å². The van der Waals surface area contributed by atoms with Crippen LogP contribution in [0.3, 0.4) is 0 Å². The molecular formula is C30H29NO5. The number of fused-ring (bicyclic) bond motifs is 1. The van der Waals surface area contributed by atoms with Gasteiger partial charge in [-0.2, -0.15) is 0 Å². The maximum atomic E-state index is 12.8. The van der Waals surface area contributed by atoms with E-state index in [1.807, 2.05) is 56.3 Å². The first-order valence-electron chi connectivity index (χ1n) is 11.9. The molecule has 0 radical (unpaired) electrons. The summed E-state index contributed by atoms with van der Waals surface area (Å²) in [5.41, 5.74) is 5.29. The molecular weight excluding hydrogens is 454 g/mol. The van der Waals surface area contributed by atoms with Crippen molar-refractivity contribution in [3.63, 3.8) is 0 Å². The molecule has 0 aliphatic carbocycles. The zero-order valence-electron chi connectivity index (χ0n) is 20.7. The van der Waals surface area contributed by atoms with Crippen molar-refractivity contribution in [2.75, 3.05) is 19.0 Å². The van der Waals surface area contributed by atoms with Crippen LogP contribution in [0.4, 0.5) is 5.69 Å². The van der Waals surface area contributed by atoms with Gasteiger partial charge in [-0.25, -0.2) is 4.79 Å². The number of benzene rings is 3. The molecule has 6 heteroatoms. The van der Waals surface area contributed by atoms with Crippen molar-refractivity contribution >= 4 is 34.1 Å². The molecule has 3 aromatic carbocycles. The zero-order chi connectivity index (χ0) is 25.5. The number of carbonyl (C=O) groups is 2. The summed E-state index contributed by atoms with van der Waals surface area (Å²) in [4.78, 5) is 24.8. The van der Waals surface area contributed by atoms with Gasteiger partial charge in [0.2, 0.25) is 5.91 Å². The number of carbonyl (C=O) groups excluding carboxylic acids is 2. The summed E-state index contributed by atoms with van der Waals surface area (Å²) in [6, 6.07) is 20.5. The Hall–Kier alpha value is -4.32. The van der Waals surface area contributed by atoms with E-state index in [1.165, 1.54) is 6.08 Å². The third kappa shape index (κ3) is 5.66. The van der Waals surface area contributed by atoms with Crippen molar-refractivity contribution in [1.29, 1.82) is 0 Å². The lowest BCUT2D eigenvalue weighted by Gasteiger charge is -2.10. The number of esters is 1. The molecule has 184 valence electrons. The maximum Gasteiger partial charge on any atom is 0.338 e. The minimum atomic E-state index is -0.367. The van der Waals surface area contributed by atoms with Crippen LogP contribution in [0, 0.1) is 0 Å². The van der Waals surface area contributed by atoms with E-state index in [-0.39, 0.29) is 11.9 Å². The van der Waals surface area contributed by atoms with Gasteiger partial charge >= 0.3 is 5.97 Å². The molecule has 0 atom stereocenters. The van der Waals surface area contributed by atoms with Gasteiger partial charge in [-0.3, -0.25) is 4.79 Å². The molecule has 6 nitrogen and oxygen atoms in total. The van der Waals surface area contributed by atoms with Gasteiger partial charge in [0.15, 0.2) is 0 Å². The summed E-state index contributed by atoms with van der Waals surface area (Å²) in [5.74, 6) is -0.0407. The Morgan fingerprint density at radius 2 is 1.78 bits per heavy atom. The molecule has 36 heavy (non-hydrogen) atoms. The first-order valence-corrected chi connectivity index (χ1v) is 11.9. The predicted molar refractivity (Wildman–Crippen MR) is 142 cm³/mol. The minimum Gasteiger partial charge on any atom is -0.496 e. The third-order valence-electron chi connectivity index (χ3n) is 5.87. The smallest absolute Gasteiger partial charge is 0.338 e. The summed E-state index contributed by atoms with van der Waals surface area (Å²) in [6.45, 7) is 4.30. The van der Waals surface area contributed by atoms with Gasteiger partial charge in [0.25, 0.3) is 0 Å². The highest BCUT2D eigenvalue weighted by molar-refractivity contribution is 6.05. The fourth-order valence-electron chi connectivity index (χ4n) is 3.91. The number of nitrogens with one attached hydrogen (secondary N) is 1. The Labute approximate surface area is 210 Å². The minimum absolute atomic E-state index is 0.289. The summed E-state index contributed by atoms with van der Waals surface area (Å²) < 4.78 is 16.6. The number of furan rings is 1. The third-order valence-corrected chi connectivity index (χ3v) is 5.87. The molecule has 4 rings (SSSR count). The van der Waals surface area contributed by atoms with Crippen LogP contribution in [0.2, 0.25) is 0 Å². The second kappa shape index (κ2) is 11.4. The second-order valence-corrected chi connectivity index (χ2v) is 8.45. The van der Waals surface area contributed by atoms with Crippen molar-refractivity contribution in [2.24, 2.45) is 0 Å². The number of unbranched alkanes of at least 4 members (excludes halogenated alkanes) is 1. The lowest BCUT2D eigenvalue weighted by molar-refractivity contribution is -0.111. The average molecular weight is 484 g/mol. The standard InChI is InChI=1S/C30H29NO5/c1-4-5-15-35-30(33)22-11-13-23(14-12-22)31-29(32)16-20(2)24-17-25-26(21-9-7-6-8-10-21)19-36-28(25)18-27(24)34-3/h6-14,16-19H,4-5,15H2,1-3H3,(H,31,32)/b20-16+. The Morgan fingerprint density at radius 3 is 2.47 bits per heavy atom. The molecule has 0 saturated heterocycles. The van der Waals surface area contributed by atoms with Crippen LogP contribution in [0.1, 0.15) is 42.6 Å². The lowest BCUT2D eigenvalue weighted by Crippen LogP contribution is -2.10. The van der Waals surface area contributed by atoms with Crippen molar-refractivity contribution in [3.8, 4) is 16.9 Å². The molecule has 0 fully saturated rings. The molecule has 0 aliphatic heterocycles. The van der Waals surface area contributed by atoms with Gasteiger partial charge in [-0.05, 0) is 54.8 Å². The number of methoxy groups -OCH3 is 1. The fourth-order valence-corrected chi connectivity index (χ4v) is 3.91. The summed E-state index contributed by atoms with van der Waals surface area (Å²) in [5, 5.41) is 3.78. The van der Waals surface area contributed by atoms with E-state index in [4.69, 9.17) is 13.9 Å². The lowest BCUT2D eigenvalue weighted by atomic mass is 9.99. The van der Waals surface area contributed by atoms with Crippen LogP contribution in [0.15, 0.2) is 83.5 Å². The SMILES string of the molecule is CCCCOC(=O)c1ccc(NC(=O)/C=C(\C)c2cc3c(-c4ccccc4)coc3cc2OC)cc1.